The number of hydrogen-bond acceptors (Lipinski definition) is 5. The van der Waals surface area contributed by atoms with Gasteiger partial charge in [-0.25, -0.2) is 4.39 Å². The van der Waals surface area contributed by atoms with Crippen LogP contribution in [0.25, 0.3) is 11.5 Å². The first-order chi connectivity index (χ1) is 12.0. The van der Waals surface area contributed by atoms with Gasteiger partial charge in [-0.3, -0.25) is 4.79 Å². The number of nitrogens with zero attached hydrogens (tertiary/aromatic N) is 2. The van der Waals surface area contributed by atoms with Crippen LogP contribution in [0.1, 0.15) is 6.92 Å². The Hall–Kier alpha value is -2.93. The van der Waals surface area contributed by atoms with Crippen LogP contribution in [0.15, 0.2) is 53.3 Å². The van der Waals surface area contributed by atoms with Crippen LogP contribution in [0.5, 0.6) is 5.75 Å². The van der Waals surface area contributed by atoms with Crippen molar-refractivity contribution in [2.45, 2.75) is 13.0 Å². The molecule has 3 rings (SSSR count). The van der Waals surface area contributed by atoms with Crippen molar-refractivity contribution in [1.29, 1.82) is 0 Å². The summed E-state index contributed by atoms with van der Waals surface area (Å²) in [6.07, 6.45) is 0.478. The number of ether oxygens (including phenoxy) is 1. The molecule has 1 aromatic heterocycles. The lowest BCUT2D eigenvalue weighted by Gasteiger charge is -2.15. The van der Waals surface area contributed by atoms with Crippen molar-refractivity contribution >= 4 is 23.2 Å². The fraction of sp³-hybridized carbons (Fsp3) is 0.118. The predicted octanol–water partition coefficient (Wildman–Crippen LogP) is 3.94. The van der Waals surface area contributed by atoms with Gasteiger partial charge in [-0.15, -0.1) is 10.2 Å². The number of rotatable bonds is 5. The Kier molecular flexibility index (Phi) is 4.95. The average Bonchev–Trinajstić information content (AvgIpc) is 3.13. The van der Waals surface area contributed by atoms with E-state index in [0.717, 1.165) is 5.56 Å². The number of halogens is 2. The van der Waals surface area contributed by atoms with E-state index in [-0.39, 0.29) is 10.9 Å². The summed E-state index contributed by atoms with van der Waals surface area (Å²) in [6, 6.07) is 10.8. The number of anilines is 1. The van der Waals surface area contributed by atoms with E-state index in [9.17, 15) is 9.18 Å². The Bertz CT molecular complexity index is 869. The Morgan fingerprint density at radius 1 is 1.28 bits per heavy atom. The summed E-state index contributed by atoms with van der Waals surface area (Å²) in [5.74, 6) is -0.0393. The summed E-state index contributed by atoms with van der Waals surface area (Å²) >= 11 is 5.69. The van der Waals surface area contributed by atoms with Gasteiger partial charge < -0.3 is 14.5 Å². The summed E-state index contributed by atoms with van der Waals surface area (Å²) in [5.41, 5.74) is 1.13. The zero-order valence-electron chi connectivity index (χ0n) is 13.1. The van der Waals surface area contributed by atoms with Crippen molar-refractivity contribution in [3.05, 3.63) is 59.7 Å². The van der Waals surface area contributed by atoms with E-state index in [4.69, 9.17) is 20.8 Å². The number of aromatic nitrogens is 2. The Morgan fingerprint density at radius 3 is 2.68 bits per heavy atom. The minimum absolute atomic E-state index is 0.0667. The van der Waals surface area contributed by atoms with Crippen molar-refractivity contribution in [3.63, 3.8) is 0 Å². The van der Waals surface area contributed by atoms with Gasteiger partial charge in [0.05, 0.1) is 5.02 Å². The molecular weight excluding hydrogens is 349 g/mol. The highest BCUT2D eigenvalue weighted by atomic mass is 35.5. The average molecular weight is 362 g/mol. The molecule has 1 heterocycles. The van der Waals surface area contributed by atoms with Gasteiger partial charge in [-0.1, -0.05) is 11.6 Å². The van der Waals surface area contributed by atoms with E-state index >= 15 is 0 Å². The molecular formula is C17H13ClFN3O3. The number of nitrogens with one attached hydrogen (secondary N) is 1. The summed E-state index contributed by atoms with van der Waals surface area (Å²) in [6.45, 7) is 1.60. The quantitative estimate of drug-likeness (QED) is 0.744. The highest BCUT2D eigenvalue weighted by Gasteiger charge is 2.16. The van der Waals surface area contributed by atoms with Gasteiger partial charge in [0, 0.05) is 11.3 Å². The number of benzene rings is 2. The highest BCUT2D eigenvalue weighted by molar-refractivity contribution is 6.31. The zero-order chi connectivity index (χ0) is 17.8. The Labute approximate surface area is 147 Å². The van der Waals surface area contributed by atoms with Crippen LogP contribution in [0.3, 0.4) is 0 Å². The van der Waals surface area contributed by atoms with Crippen LogP contribution < -0.4 is 10.1 Å². The molecule has 6 nitrogen and oxygen atoms in total. The van der Waals surface area contributed by atoms with Crippen LogP contribution in [0, 0.1) is 5.82 Å². The van der Waals surface area contributed by atoms with Crippen molar-refractivity contribution in [2.75, 3.05) is 5.32 Å². The number of amides is 1. The van der Waals surface area contributed by atoms with E-state index in [1.54, 1.807) is 31.2 Å². The summed E-state index contributed by atoms with van der Waals surface area (Å²) in [4.78, 5) is 12.2. The molecule has 8 heteroatoms. The lowest BCUT2D eigenvalue weighted by molar-refractivity contribution is -0.122. The molecule has 0 fully saturated rings. The maximum absolute atomic E-state index is 13.1. The third kappa shape index (κ3) is 4.13. The topological polar surface area (TPSA) is 77.2 Å². The predicted molar refractivity (Wildman–Crippen MR) is 89.9 cm³/mol. The fourth-order valence-corrected chi connectivity index (χ4v) is 2.23. The lowest BCUT2D eigenvalue weighted by atomic mass is 10.2. The summed E-state index contributed by atoms with van der Waals surface area (Å²) in [5, 5.41) is 9.97. The minimum Gasteiger partial charge on any atom is -0.481 e. The molecule has 25 heavy (non-hydrogen) atoms. The molecule has 0 saturated carbocycles. The van der Waals surface area contributed by atoms with Crippen LogP contribution in [-0.4, -0.2) is 22.2 Å². The second-order valence-corrected chi connectivity index (χ2v) is 5.55. The number of carbonyl (C=O) groups is 1. The van der Waals surface area contributed by atoms with Gasteiger partial charge in [0.1, 0.15) is 11.6 Å². The van der Waals surface area contributed by atoms with Crippen LogP contribution in [0.4, 0.5) is 10.1 Å². The highest BCUT2D eigenvalue weighted by Crippen LogP contribution is 2.22. The van der Waals surface area contributed by atoms with Crippen molar-refractivity contribution in [3.8, 4) is 17.2 Å². The van der Waals surface area contributed by atoms with Crippen molar-refractivity contribution in [2.24, 2.45) is 0 Å². The smallest absolute Gasteiger partial charge is 0.265 e. The maximum Gasteiger partial charge on any atom is 0.265 e. The van der Waals surface area contributed by atoms with Gasteiger partial charge >= 0.3 is 0 Å². The molecule has 0 saturated heterocycles. The van der Waals surface area contributed by atoms with Crippen LogP contribution in [-0.2, 0) is 4.79 Å². The molecule has 1 amide bonds. The third-order valence-electron chi connectivity index (χ3n) is 3.33. The van der Waals surface area contributed by atoms with Crippen LogP contribution >= 0.6 is 11.6 Å². The molecule has 128 valence electrons. The molecule has 0 unspecified atom stereocenters. The van der Waals surface area contributed by atoms with Crippen molar-refractivity contribution < 1.29 is 18.3 Å². The van der Waals surface area contributed by atoms with Gasteiger partial charge in [-0.05, 0) is 49.4 Å². The number of carbonyl (C=O) groups excluding carboxylic acids is 1. The first-order valence-electron chi connectivity index (χ1n) is 7.32. The lowest BCUT2D eigenvalue weighted by Crippen LogP contribution is -2.30. The first-order valence-corrected chi connectivity index (χ1v) is 7.70. The van der Waals surface area contributed by atoms with E-state index in [1.807, 2.05) is 0 Å². The largest absolute Gasteiger partial charge is 0.481 e. The molecule has 0 spiro atoms. The standard InChI is InChI=1S/C17H13ClFN3O3/c1-10(16(23)21-12-4-7-15(19)14(18)8-12)25-13-5-2-11(3-6-13)17-22-20-9-24-17/h2-10H,1H3,(H,21,23)/t10-/m1/s1. The molecule has 0 aliphatic heterocycles. The molecule has 1 N–H and O–H groups in total. The third-order valence-corrected chi connectivity index (χ3v) is 3.62. The first kappa shape index (κ1) is 16.9. The second kappa shape index (κ2) is 7.31. The summed E-state index contributed by atoms with van der Waals surface area (Å²) in [7, 11) is 0. The molecule has 0 aliphatic rings. The Balaban J connectivity index is 1.62. The van der Waals surface area contributed by atoms with Crippen molar-refractivity contribution in [1.82, 2.24) is 10.2 Å². The van der Waals surface area contributed by atoms with Crippen LogP contribution in [0.2, 0.25) is 5.02 Å². The second-order valence-electron chi connectivity index (χ2n) is 5.15. The van der Waals surface area contributed by atoms with Gasteiger partial charge in [-0.2, -0.15) is 0 Å². The SMILES string of the molecule is C[C@@H](Oc1ccc(-c2nnco2)cc1)C(=O)Nc1ccc(F)c(Cl)c1. The number of hydrogen-bond donors (Lipinski definition) is 1. The molecule has 0 bridgehead atoms. The van der Waals surface area contributed by atoms with E-state index < -0.39 is 11.9 Å². The minimum atomic E-state index is -0.766. The maximum atomic E-state index is 13.1. The Morgan fingerprint density at radius 2 is 2.04 bits per heavy atom. The summed E-state index contributed by atoms with van der Waals surface area (Å²) < 4.78 is 23.8. The molecule has 0 radical (unpaired) electrons. The fourth-order valence-electron chi connectivity index (χ4n) is 2.05. The normalized spacial score (nSPS) is 11.8. The van der Waals surface area contributed by atoms with E-state index in [1.165, 1.54) is 24.6 Å². The van der Waals surface area contributed by atoms with E-state index in [0.29, 0.717) is 17.3 Å². The van der Waals surface area contributed by atoms with Gasteiger partial charge in [0.25, 0.3) is 5.91 Å². The zero-order valence-corrected chi connectivity index (χ0v) is 13.8. The molecule has 1 atom stereocenters. The molecule has 0 aliphatic carbocycles. The van der Waals surface area contributed by atoms with Gasteiger partial charge in [0.2, 0.25) is 12.3 Å². The van der Waals surface area contributed by atoms with E-state index in [2.05, 4.69) is 15.5 Å². The molecule has 2 aromatic carbocycles. The molecule has 3 aromatic rings. The monoisotopic (exact) mass is 361 g/mol. The van der Waals surface area contributed by atoms with Gasteiger partial charge in [0.15, 0.2) is 6.10 Å².